The molecule has 0 aliphatic rings. The number of carbonyl (C=O) groups is 1. The minimum atomic E-state index is -0.173. The average Bonchev–Trinajstić information content (AvgIpc) is 2.01. The Hall–Kier alpha value is -0.570. The molecule has 0 bridgehead atoms. The van der Waals surface area contributed by atoms with Crippen LogP contribution in [0.5, 0.6) is 0 Å². The van der Waals surface area contributed by atoms with Gasteiger partial charge < -0.3 is 10.1 Å². The van der Waals surface area contributed by atoms with Gasteiger partial charge >= 0.3 is 5.97 Å². The summed E-state index contributed by atoms with van der Waals surface area (Å²) < 4.78 is 4.74. The topological polar surface area (TPSA) is 38.3 Å². The van der Waals surface area contributed by atoms with E-state index >= 15 is 0 Å². The Bertz CT molecular complexity index is 115. The molecule has 0 aromatic rings. The lowest BCUT2D eigenvalue weighted by Gasteiger charge is -2.09. The summed E-state index contributed by atoms with van der Waals surface area (Å²) in [4.78, 5) is 10.8. The normalized spacial score (nSPS) is 12.6. The van der Waals surface area contributed by atoms with Gasteiger partial charge in [0.1, 0.15) is 0 Å². The van der Waals surface area contributed by atoms with E-state index in [1.54, 1.807) is 6.92 Å². The highest BCUT2D eigenvalue weighted by Gasteiger charge is 2.02. The Kier molecular flexibility index (Phi) is 5.84. The van der Waals surface area contributed by atoms with Gasteiger partial charge in [-0.25, -0.2) is 0 Å². The maximum atomic E-state index is 10.8. The summed E-state index contributed by atoms with van der Waals surface area (Å²) in [6, 6.07) is 0.388. The molecule has 0 amide bonds. The van der Waals surface area contributed by atoms with Gasteiger partial charge in [0, 0.05) is 6.04 Å². The van der Waals surface area contributed by atoms with Crippen molar-refractivity contribution in [2.24, 2.45) is 0 Å². The van der Waals surface area contributed by atoms with Gasteiger partial charge in [-0.05, 0) is 20.3 Å². The Morgan fingerprint density at radius 2 is 2.18 bits per heavy atom. The zero-order valence-corrected chi connectivity index (χ0v) is 7.52. The van der Waals surface area contributed by atoms with Crippen molar-refractivity contribution in [2.45, 2.75) is 33.2 Å². The van der Waals surface area contributed by atoms with Crippen LogP contribution in [-0.2, 0) is 9.53 Å². The van der Waals surface area contributed by atoms with Crippen molar-refractivity contribution in [1.82, 2.24) is 5.32 Å². The fourth-order valence-corrected chi connectivity index (χ4v) is 0.614. The third kappa shape index (κ3) is 5.85. The van der Waals surface area contributed by atoms with Crippen LogP contribution in [0.25, 0.3) is 0 Å². The number of nitrogens with one attached hydrogen (secondary N) is 1. The van der Waals surface area contributed by atoms with Gasteiger partial charge in [0.2, 0.25) is 0 Å². The van der Waals surface area contributed by atoms with Crippen LogP contribution in [0.4, 0.5) is 0 Å². The summed E-state index contributed by atoms with van der Waals surface area (Å²) in [5.41, 5.74) is 0. The molecule has 0 saturated heterocycles. The Balaban J connectivity index is 3.30. The number of ether oxygens (including phenoxy) is 1. The molecule has 0 spiro atoms. The summed E-state index contributed by atoms with van der Waals surface area (Å²) in [6.07, 6.45) is 1.03. The lowest BCUT2D eigenvalue weighted by atomic mass is 10.3. The molecule has 0 unspecified atom stereocenters. The molecule has 3 nitrogen and oxygen atoms in total. The molecule has 3 heteroatoms. The number of rotatable bonds is 5. The first-order valence-electron chi connectivity index (χ1n) is 4.09. The van der Waals surface area contributed by atoms with Gasteiger partial charge in [-0.1, -0.05) is 6.92 Å². The molecule has 0 radical (unpaired) electrons. The van der Waals surface area contributed by atoms with E-state index in [1.807, 2.05) is 6.92 Å². The van der Waals surface area contributed by atoms with Crippen LogP contribution in [0.3, 0.4) is 0 Å². The predicted octanol–water partition coefficient (Wildman–Crippen LogP) is 0.938. The first-order valence-corrected chi connectivity index (χ1v) is 4.09. The first-order chi connectivity index (χ1) is 5.20. The van der Waals surface area contributed by atoms with Crippen LogP contribution >= 0.6 is 0 Å². The molecule has 0 aliphatic carbocycles. The highest BCUT2D eigenvalue weighted by molar-refractivity contribution is 5.71. The smallest absolute Gasteiger partial charge is 0.319 e. The molecule has 0 saturated carbocycles. The first kappa shape index (κ1) is 10.4. The van der Waals surface area contributed by atoms with Gasteiger partial charge in [-0.15, -0.1) is 0 Å². The summed E-state index contributed by atoms with van der Waals surface area (Å²) >= 11 is 0. The number of hydrogen-bond donors (Lipinski definition) is 1. The van der Waals surface area contributed by atoms with Crippen molar-refractivity contribution in [3.05, 3.63) is 0 Å². The molecular weight excluding hydrogens is 142 g/mol. The van der Waals surface area contributed by atoms with Crippen molar-refractivity contribution in [2.75, 3.05) is 13.2 Å². The second kappa shape index (κ2) is 6.16. The van der Waals surface area contributed by atoms with Crippen LogP contribution in [-0.4, -0.2) is 25.2 Å². The van der Waals surface area contributed by atoms with E-state index in [-0.39, 0.29) is 5.97 Å². The Morgan fingerprint density at radius 1 is 1.55 bits per heavy atom. The molecule has 1 atom stereocenters. The minimum Gasteiger partial charge on any atom is -0.465 e. The standard InChI is InChI=1S/C8H17NO2/c1-4-7(3)9-6-8(10)11-5-2/h7,9H,4-6H2,1-3H3/t7-/m0/s1. The molecule has 66 valence electrons. The van der Waals surface area contributed by atoms with Crippen LogP contribution in [0.1, 0.15) is 27.2 Å². The van der Waals surface area contributed by atoms with Crippen molar-refractivity contribution < 1.29 is 9.53 Å². The van der Waals surface area contributed by atoms with Gasteiger partial charge in [-0.3, -0.25) is 4.79 Å². The summed E-state index contributed by atoms with van der Waals surface area (Å²) in [5.74, 6) is -0.173. The maximum absolute atomic E-state index is 10.8. The van der Waals surface area contributed by atoms with Crippen LogP contribution in [0, 0.1) is 0 Å². The van der Waals surface area contributed by atoms with Crippen LogP contribution < -0.4 is 5.32 Å². The fraction of sp³-hybridized carbons (Fsp3) is 0.875. The summed E-state index contributed by atoms with van der Waals surface area (Å²) in [5, 5.41) is 3.04. The second-order valence-electron chi connectivity index (χ2n) is 2.50. The van der Waals surface area contributed by atoms with E-state index < -0.39 is 0 Å². The van der Waals surface area contributed by atoms with Crippen molar-refractivity contribution >= 4 is 5.97 Å². The number of hydrogen-bond acceptors (Lipinski definition) is 3. The Labute approximate surface area is 68.1 Å². The maximum Gasteiger partial charge on any atom is 0.319 e. The number of esters is 1. The van der Waals surface area contributed by atoms with E-state index in [4.69, 9.17) is 4.74 Å². The quantitative estimate of drug-likeness (QED) is 0.607. The monoisotopic (exact) mass is 159 g/mol. The van der Waals surface area contributed by atoms with Gasteiger partial charge in [0.25, 0.3) is 0 Å². The summed E-state index contributed by atoms with van der Waals surface area (Å²) in [6.45, 7) is 6.70. The second-order valence-corrected chi connectivity index (χ2v) is 2.50. The molecule has 1 N–H and O–H groups in total. The molecule has 0 aliphatic heterocycles. The lowest BCUT2D eigenvalue weighted by Crippen LogP contribution is -2.31. The van der Waals surface area contributed by atoms with E-state index in [2.05, 4.69) is 12.2 Å². The molecule has 0 rings (SSSR count). The van der Waals surface area contributed by atoms with Crippen LogP contribution in [0.2, 0.25) is 0 Å². The average molecular weight is 159 g/mol. The zero-order valence-electron chi connectivity index (χ0n) is 7.52. The van der Waals surface area contributed by atoms with Gasteiger partial charge in [0.15, 0.2) is 0 Å². The Morgan fingerprint density at radius 3 is 2.64 bits per heavy atom. The third-order valence-electron chi connectivity index (χ3n) is 1.51. The predicted molar refractivity (Wildman–Crippen MR) is 44.4 cm³/mol. The van der Waals surface area contributed by atoms with Crippen LogP contribution in [0.15, 0.2) is 0 Å². The molecule has 0 aromatic heterocycles. The van der Waals surface area contributed by atoms with Gasteiger partial charge in [-0.2, -0.15) is 0 Å². The minimum absolute atomic E-state index is 0.173. The van der Waals surface area contributed by atoms with E-state index in [1.165, 1.54) is 0 Å². The van der Waals surface area contributed by atoms with Gasteiger partial charge in [0.05, 0.1) is 13.2 Å². The molecule has 0 aromatic carbocycles. The molecule has 0 fully saturated rings. The van der Waals surface area contributed by atoms with Crippen molar-refractivity contribution in [3.8, 4) is 0 Å². The largest absolute Gasteiger partial charge is 0.465 e. The summed E-state index contributed by atoms with van der Waals surface area (Å²) in [7, 11) is 0. The van der Waals surface area contributed by atoms with E-state index in [9.17, 15) is 4.79 Å². The van der Waals surface area contributed by atoms with Crippen molar-refractivity contribution in [1.29, 1.82) is 0 Å². The van der Waals surface area contributed by atoms with E-state index in [0.717, 1.165) is 6.42 Å². The third-order valence-corrected chi connectivity index (χ3v) is 1.51. The molecule has 11 heavy (non-hydrogen) atoms. The van der Waals surface area contributed by atoms with E-state index in [0.29, 0.717) is 19.2 Å². The molecule has 0 heterocycles. The molecular formula is C8H17NO2. The van der Waals surface area contributed by atoms with Crippen molar-refractivity contribution in [3.63, 3.8) is 0 Å². The highest BCUT2D eigenvalue weighted by atomic mass is 16.5. The SMILES string of the molecule is CCOC(=O)CN[C@@H](C)CC. The number of carbonyl (C=O) groups excluding carboxylic acids is 1. The lowest BCUT2D eigenvalue weighted by molar-refractivity contribution is -0.142. The highest BCUT2D eigenvalue weighted by Crippen LogP contribution is 1.86. The zero-order chi connectivity index (χ0) is 8.69. The fourth-order valence-electron chi connectivity index (χ4n) is 0.614.